The maximum atomic E-state index is 12.5. The highest BCUT2D eigenvalue weighted by molar-refractivity contribution is 7.89. The second-order valence-electron chi connectivity index (χ2n) is 5.94. The fourth-order valence-electron chi connectivity index (χ4n) is 2.65. The van der Waals surface area contributed by atoms with Crippen molar-refractivity contribution in [3.63, 3.8) is 0 Å². The van der Waals surface area contributed by atoms with E-state index in [9.17, 15) is 18.3 Å². The minimum absolute atomic E-state index is 0.0290. The average Bonchev–Trinajstić information content (AvgIpc) is 3.01. The molecule has 7 nitrogen and oxygen atoms in total. The van der Waals surface area contributed by atoms with Crippen molar-refractivity contribution in [3.05, 3.63) is 54.1 Å². The Labute approximate surface area is 154 Å². The molecule has 2 N–H and O–H groups in total. The van der Waals surface area contributed by atoms with Gasteiger partial charge in [-0.1, -0.05) is 29.5 Å². The van der Waals surface area contributed by atoms with Gasteiger partial charge in [0.25, 0.3) is 5.91 Å². The molecule has 0 atom stereocenters. The molecule has 2 aromatic carbocycles. The van der Waals surface area contributed by atoms with Crippen LogP contribution in [0.1, 0.15) is 10.4 Å². The number of β-amino-alcohol motifs (C(OH)–C–C–N with tert-alkyl or cyclic N) is 1. The van der Waals surface area contributed by atoms with Gasteiger partial charge >= 0.3 is 0 Å². The van der Waals surface area contributed by atoms with Crippen molar-refractivity contribution in [3.8, 4) is 0 Å². The summed E-state index contributed by atoms with van der Waals surface area (Å²) in [4.78, 5) is 16.9. The summed E-state index contributed by atoms with van der Waals surface area (Å²) in [6.45, 7) is 0.148. The molecule has 0 spiro atoms. The summed E-state index contributed by atoms with van der Waals surface area (Å²) < 4.78 is 27.1. The first kappa shape index (κ1) is 17.1. The molecule has 134 valence electrons. The highest BCUT2D eigenvalue weighted by atomic mass is 32.2. The third kappa shape index (κ3) is 3.10. The summed E-state index contributed by atoms with van der Waals surface area (Å²) in [6.07, 6.45) is -0.629. The van der Waals surface area contributed by atoms with Crippen molar-refractivity contribution >= 4 is 42.6 Å². The molecule has 1 aromatic heterocycles. The van der Waals surface area contributed by atoms with E-state index in [1.807, 2.05) is 24.3 Å². The van der Waals surface area contributed by atoms with Gasteiger partial charge in [0.1, 0.15) is 0 Å². The van der Waals surface area contributed by atoms with E-state index in [-0.39, 0.29) is 23.5 Å². The van der Waals surface area contributed by atoms with Gasteiger partial charge in [0, 0.05) is 18.7 Å². The van der Waals surface area contributed by atoms with Crippen LogP contribution in [0.15, 0.2) is 53.4 Å². The number of rotatable bonds is 4. The number of aliphatic hydroxyl groups excluding tert-OH is 1. The molecule has 26 heavy (non-hydrogen) atoms. The van der Waals surface area contributed by atoms with Gasteiger partial charge in [-0.3, -0.25) is 10.1 Å². The van der Waals surface area contributed by atoms with Gasteiger partial charge in [0.2, 0.25) is 10.0 Å². The maximum absolute atomic E-state index is 12.5. The summed E-state index contributed by atoms with van der Waals surface area (Å²) in [5.74, 6) is -0.426. The number of carbonyl (C=O) groups excluding carboxylic acids is 1. The molecule has 0 unspecified atom stereocenters. The molecule has 1 saturated heterocycles. The van der Waals surface area contributed by atoms with Gasteiger partial charge < -0.3 is 5.11 Å². The zero-order valence-electron chi connectivity index (χ0n) is 13.5. The average molecular weight is 389 g/mol. The lowest BCUT2D eigenvalue weighted by Crippen LogP contribution is -2.53. The Morgan fingerprint density at radius 2 is 1.96 bits per heavy atom. The molecule has 2 heterocycles. The minimum atomic E-state index is -3.70. The lowest BCUT2D eigenvalue weighted by Gasteiger charge is -2.34. The number of benzene rings is 2. The molecular formula is C17H15N3O4S2. The number of amides is 1. The molecule has 1 aliphatic rings. The molecule has 9 heteroatoms. The maximum Gasteiger partial charge on any atom is 0.257 e. The largest absolute Gasteiger partial charge is 0.390 e. The Kier molecular flexibility index (Phi) is 4.23. The topological polar surface area (TPSA) is 99.6 Å². The van der Waals surface area contributed by atoms with E-state index in [0.717, 1.165) is 10.2 Å². The first-order valence-corrected chi connectivity index (χ1v) is 10.1. The van der Waals surface area contributed by atoms with Crippen LogP contribution in [0.5, 0.6) is 0 Å². The second-order valence-corrected chi connectivity index (χ2v) is 8.91. The summed E-state index contributed by atoms with van der Waals surface area (Å²) >= 11 is 1.35. The number of sulfonamides is 1. The zero-order valence-corrected chi connectivity index (χ0v) is 15.1. The molecule has 1 amide bonds. The standard InChI is InChI=1S/C17H15N3O4S2/c21-12-9-20(10-12)26(23,24)13-5-3-4-11(8-13)16(22)19-17-18-14-6-1-2-7-15(14)25-17/h1-8,12,21H,9-10H2,(H,18,19,22). The van der Waals surface area contributed by atoms with Gasteiger partial charge in [-0.25, -0.2) is 13.4 Å². The van der Waals surface area contributed by atoms with Crippen LogP contribution >= 0.6 is 11.3 Å². The molecule has 0 saturated carbocycles. The van der Waals surface area contributed by atoms with Crippen LogP contribution in [-0.2, 0) is 10.0 Å². The molecule has 3 aromatic rings. The molecule has 0 radical (unpaired) electrons. The lowest BCUT2D eigenvalue weighted by molar-refractivity contribution is 0.0548. The number of thiazole rings is 1. The molecular weight excluding hydrogens is 374 g/mol. The Hall–Kier alpha value is -2.33. The number of nitrogens with one attached hydrogen (secondary N) is 1. The molecule has 1 aliphatic heterocycles. The first-order valence-electron chi connectivity index (χ1n) is 7.89. The van der Waals surface area contributed by atoms with E-state index in [4.69, 9.17) is 0 Å². The van der Waals surface area contributed by atoms with Crippen LogP contribution in [0.2, 0.25) is 0 Å². The third-order valence-corrected chi connectivity index (χ3v) is 6.86. The lowest BCUT2D eigenvalue weighted by atomic mass is 10.2. The summed E-state index contributed by atoms with van der Waals surface area (Å²) in [7, 11) is -3.70. The number of hydrogen-bond acceptors (Lipinski definition) is 6. The van der Waals surface area contributed by atoms with E-state index < -0.39 is 22.0 Å². The van der Waals surface area contributed by atoms with Gasteiger partial charge in [0.05, 0.1) is 21.2 Å². The molecule has 0 bridgehead atoms. The molecule has 4 rings (SSSR count). The van der Waals surface area contributed by atoms with Crippen molar-refractivity contribution in [1.29, 1.82) is 0 Å². The molecule has 0 aliphatic carbocycles. The smallest absolute Gasteiger partial charge is 0.257 e. The number of anilines is 1. The van der Waals surface area contributed by atoms with Gasteiger partial charge in [-0.05, 0) is 30.3 Å². The number of carbonyl (C=O) groups is 1. The normalized spacial score (nSPS) is 15.7. The van der Waals surface area contributed by atoms with Crippen LogP contribution in [0, 0.1) is 0 Å². The number of nitrogens with zero attached hydrogens (tertiary/aromatic N) is 2. The van der Waals surface area contributed by atoms with Crippen LogP contribution < -0.4 is 5.32 Å². The van der Waals surface area contributed by atoms with Crippen molar-refractivity contribution in [2.75, 3.05) is 18.4 Å². The fourth-order valence-corrected chi connectivity index (χ4v) is 5.08. The van der Waals surface area contributed by atoms with Crippen LogP contribution in [-0.4, -0.2) is 47.9 Å². The van der Waals surface area contributed by atoms with Crippen molar-refractivity contribution in [2.45, 2.75) is 11.0 Å². The first-order chi connectivity index (χ1) is 12.4. The van der Waals surface area contributed by atoms with E-state index in [0.29, 0.717) is 5.13 Å². The summed E-state index contributed by atoms with van der Waals surface area (Å²) in [5.41, 5.74) is 1.02. The monoisotopic (exact) mass is 389 g/mol. The minimum Gasteiger partial charge on any atom is -0.390 e. The van der Waals surface area contributed by atoms with Crippen molar-refractivity contribution < 1.29 is 18.3 Å². The Morgan fingerprint density at radius 1 is 1.19 bits per heavy atom. The van der Waals surface area contributed by atoms with Crippen molar-refractivity contribution in [2.24, 2.45) is 0 Å². The quantitative estimate of drug-likeness (QED) is 0.710. The van der Waals surface area contributed by atoms with E-state index in [2.05, 4.69) is 10.3 Å². The number of aromatic nitrogens is 1. The van der Waals surface area contributed by atoms with Gasteiger partial charge in [-0.15, -0.1) is 0 Å². The zero-order chi connectivity index (χ0) is 18.3. The highest BCUT2D eigenvalue weighted by Crippen LogP contribution is 2.26. The highest BCUT2D eigenvalue weighted by Gasteiger charge is 2.35. The van der Waals surface area contributed by atoms with Gasteiger partial charge in [0.15, 0.2) is 5.13 Å². The number of para-hydroxylation sites is 1. The fraction of sp³-hybridized carbons (Fsp3) is 0.176. The predicted molar refractivity (Wildman–Crippen MR) is 98.8 cm³/mol. The Bertz CT molecular complexity index is 1060. The van der Waals surface area contributed by atoms with E-state index in [1.165, 1.54) is 33.8 Å². The number of aliphatic hydroxyl groups is 1. The second kappa shape index (κ2) is 6.44. The number of hydrogen-bond donors (Lipinski definition) is 2. The van der Waals surface area contributed by atoms with E-state index >= 15 is 0 Å². The predicted octanol–water partition coefficient (Wildman–Crippen LogP) is 1.91. The van der Waals surface area contributed by atoms with E-state index in [1.54, 1.807) is 6.07 Å². The summed E-state index contributed by atoms with van der Waals surface area (Å²) in [6, 6.07) is 13.4. The van der Waals surface area contributed by atoms with Gasteiger partial charge in [-0.2, -0.15) is 4.31 Å². The van der Waals surface area contributed by atoms with Crippen LogP contribution in [0.4, 0.5) is 5.13 Å². The Morgan fingerprint density at radius 3 is 2.69 bits per heavy atom. The molecule has 1 fully saturated rings. The van der Waals surface area contributed by atoms with Crippen LogP contribution in [0.3, 0.4) is 0 Å². The summed E-state index contributed by atoms with van der Waals surface area (Å²) in [5, 5.41) is 12.5. The number of fused-ring (bicyclic) bond motifs is 1. The Balaban J connectivity index is 1.56. The van der Waals surface area contributed by atoms with Crippen LogP contribution in [0.25, 0.3) is 10.2 Å². The third-order valence-electron chi connectivity index (χ3n) is 4.08. The SMILES string of the molecule is O=C(Nc1nc2ccccc2s1)c1cccc(S(=O)(=O)N2CC(O)C2)c1. The van der Waals surface area contributed by atoms with Crippen molar-refractivity contribution in [1.82, 2.24) is 9.29 Å².